The molecule has 3 rings (SSSR count). The third-order valence-electron chi connectivity index (χ3n) is 4.98. The van der Waals surface area contributed by atoms with Gasteiger partial charge in [-0.15, -0.1) is 0 Å². The molecule has 0 heterocycles. The SMILES string of the molecule is Cc1c(F)cc(F)cc1B(c1cc(F)cc(F)c1C)c1cc(F)cc(F)c1C. The van der Waals surface area contributed by atoms with Crippen LogP contribution < -0.4 is 16.4 Å². The third kappa shape index (κ3) is 3.53. The Bertz CT molecular complexity index is 941. The first-order chi connectivity index (χ1) is 13.1. The summed E-state index contributed by atoms with van der Waals surface area (Å²) in [5, 5.41) is 0. The molecule has 0 fully saturated rings. The molecule has 0 atom stereocenters. The maximum absolute atomic E-state index is 14.2. The number of hydrogen-bond acceptors (Lipinski definition) is 0. The monoisotopic (exact) mass is 392 g/mol. The van der Waals surface area contributed by atoms with Gasteiger partial charge in [-0.3, -0.25) is 0 Å². The van der Waals surface area contributed by atoms with Gasteiger partial charge in [-0.2, -0.15) is 0 Å². The molecule has 7 heteroatoms. The van der Waals surface area contributed by atoms with Crippen LogP contribution in [0.3, 0.4) is 0 Å². The van der Waals surface area contributed by atoms with Crippen molar-refractivity contribution in [2.24, 2.45) is 0 Å². The first-order valence-corrected chi connectivity index (χ1v) is 8.46. The molecule has 0 radical (unpaired) electrons. The number of rotatable bonds is 3. The largest absolute Gasteiger partial charge is 0.243 e. The number of benzene rings is 3. The van der Waals surface area contributed by atoms with Crippen LogP contribution in [-0.4, -0.2) is 6.71 Å². The van der Waals surface area contributed by atoms with Gasteiger partial charge < -0.3 is 0 Å². The summed E-state index contributed by atoms with van der Waals surface area (Å²) in [4.78, 5) is 0. The van der Waals surface area contributed by atoms with E-state index in [1.54, 1.807) is 0 Å². The third-order valence-corrected chi connectivity index (χ3v) is 4.98. The topological polar surface area (TPSA) is 0 Å². The minimum absolute atomic E-state index is 0.0135. The fraction of sp³-hybridized carbons (Fsp3) is 0.143. The van der Waals surface area contributed by atoms with Crippen LogP contribution in [0.2, 0.25) is 0 Å². The zero-order chi connectivity index (χ0) is 20.7. The van der Waals surface area contributed by atoms with Crippen molar-refractivity contribution in [2.45, 2.75) is 20.8 Å². The van der Waals surface area contributed by atoms with E-state index >= 15 is 0 Å². The van der Waals surface area contributed by atoms with Gasteiger partial charge in [-0.25, -0.2) is 26.3 Å². The van der Waals surface area contributed by atoms with Gasteiger partial charge in [-0.05, 0) is 55.7 Å². The minimum atomic E-state index is -1.18. The highest BCUT2D eigenvalue weighted by atomic mass is 19.2. The van der Waals surface area contributed by atoms with Crippen LogP contribution in [-0.2, 0) is 0 Å². The van der Waals surface area contributed by atoms with Crippen LogP contribution in [0.5, 0.6) is 0 Å². The maximum Gasteiger partial charge on any atom is 0.243 e. The molecule has 28 heavy (non-hydrogen) atoms. The van der Waals surface area contributed by atoms with Crippen molar-refractivity contribution in [3.05, 3.63) is 88.0 Å². The molecule has 0 saturated heterocycles. The second-order valence-corrected chi connectivity index (χ2v) is 6.74. The standard InChI is InChI=1S/C21H15BF6/c1-10-16(4-13(23)7-19(10)26)22(17-5-14(24)8-20(27)11(17)2)18-6-15(25)9-21(28)12(18)3/h4-9H,1-3H3. The Morgan fingerprint density at radius 3 is 0.964 bits per heavy atom. The second kappa shape index (κ2) is 7.38. The van der Waals surface area contributed by atoms with E-state index in [0.29, 0.717) is 18.2 Å². The lowest BCUT2D eigenvalue weighted by atomic mass is 9.35. The Hall–Kier alpha value is -2.70. The summed E-state index contributed by atoms with van der Waals surface area (Å²) < 4.78 is 84.6. The van der Waals surface area contributed by atoms with Crippen LogP contribution in [0.1, 0.15) is 16.7 Å². The molecule has 0 saturated carbocycles. The van der Waals surface area contributed by atoms with Crippen molar-refractivity contribution in [3.63, 3.8) is 0 Å². The first kappa shape index (κ1) is 20.0. The fourth-order valence-electron chi connectivity index (χ4n) is 3.40. The molecule has 0 unspecified atom stereocenters. The molecule has 0 spiro atoms. The van der Waals surface area contributed by atoms with E-state index in [1.807, 2.05) is 0 Å². The predicted octanol–water partition coefficient (Wildman–Crippen LogP) is 3.96. The van der Waals surface area contributed by atoms with Gasteiger partial charge in [0.05, 0.1) is 0 Å². The van der Waals surface area contributed by atoms with E-state index in [1.165, 1.54) is 20.8 Å². The average molecular weight is 392 g/mol. The lowest BCUT2D eigenvalue weighted by molar-refractivity contribution is 0.579. The second-order valence-electron chi connectivity index (χ2n) is 6.74. The van der Waals surface area contributed by atoms with Crippen LogP contribution >= 0.6 is 0 Å². The Morgan fingerprint density at radius 1 is 0.464 bits per heavy atom. The van der Waals surface area contributed by atoms with Crippen LogP contribution in [0, 0.1) is 55.7 Å². The summed E-state index contributed by atoms with van der Waals surface area (Å²) in [6, 6.07) is 5.05. The van der Waals surface area contributed by atoms with E-state index in [2.05, 4.69) is 0 Å². The van der Waals surface area contributed by atoms with Gasteiger partial charge in [0.2, 0.25) is 6.71 Å². The molecule has 0 aromatic heterocycles. The van der Waals surface area contributed by atoms with Gasteiger partial charge in [0.25, 0.3) is 0 Å². The van der Waals surface area contributed by atoms with Gasteiger partial charge in [-0.1, -0.05) is 16.4 Å². The zero-order valence-corrected chi connectivity index (χ0v) is 15.3. The highest BCUT2D eigenvalue weighted by molar-refractivity contribution is 6.96. The molecule has 3 aromatic rings. The minimum Gasteiger partial charge on any atom is -0.207 e. The van der Waals surface area contributed by atoms with Crippen molar-refractivity contribution >= 4 is 23.1 Å². The van der Waals surface area contributed by atoms with Gasteiger partial charge in [0.1, 0.15) is 34.9 Å². The molecule has 0 aliphatic heterocycles. The van der Waals surface area contributed by atoms with Gasteiger partial charge >= 0.3 is 0 Å². The smallest absolute Gasteiger partial charge is 0.207 e. The molecule has 0 nitrogen and oxygen atoms in total. The van der Waals surface area contributed by atoms with Crippen LogP contribution in [0.4, 0.5) is 26.3 Å². The molecule has 0 aliphatic carbocycles. The molecule has 0 aliphatic rings. The molecule has 144 valence electrons. The summed E-state index contributed by atoms with van der Waals surface area (Å²) in [5.74, 6) is -5.34. The average Bonchev–Trinajstić information content (AvgIpc) is 2.60. The predicted molar refractivity (Wildman–Crippen MR) is 97.9 cm³/mol. The molecular weight excluding hydrogens is 377 g/mol. The lowest BCUT2D eigenvalue weighted by Crippen LogP contribution is -2.55. The Labute approximate surface area is 158 Å². The van der Waals surface area contributed by atoms with E-state index in [0.717, 1.165) is 18.2 Å². The first-order valence-electron chi connectivity index (χ1n) is 8.46. The number of hydrogen-bond donors (Lipinski definition) is 0. The van der Waals surface area contributed by atoms with Crippen molar-refractivity contribution in [1.29, 1.82) is 0 Å². The van der Waals surface area contributed by atoms with Crippen LogP contribution in [0.15, 0.2) is 36.4 Å². The summed E-state index contributed by atoms with van der Waals surface area (Å²) in [6.45, 7) is 2.92. The number of halogens is 6. The van der Waals surface area contributed by atoms with E-state index in [-0.39, 0.29) is 33.1 Å². The fourth-order valence-corrected chi connectivity index (χ4v) is 3.40. The lowest BCUT2D eigenvalue weighted by Gasteiger charge is -2.22. The molecule has 0 bridgehead atoms. The van der Waals surface area contributed by atoms with Crippen molar-refractivity contribution in [3.8, 4) is 0 Å². The molecule has 3 aromatic carbocycles. The highest BCUT2D eigenvalue weighted by Crippen LogP contribution is 2.14. The molecule has 0 amide bonds. The highest BCUT2D eigenvalue weighted by Gasteiger charge is 2.31. The Balaban J connectivity index is 2.44. The van der Waals surface area contributed by atoms with Gasteiger partial charge in [0, 0.05) is 18.2 Å². The molecule has 0 N–H and O–H groups in total. The summed E-state index contributed by atoms with van der Waals surface area (Å²) >= 11 is 0. The van der Waals surface area contributed by atoms with E-state index < -0.39 is 41.6 Å². The zero-order valence-electron chi connectivity index (χ0n) is 15.3. The quantitative estimate of drug-likeness (QED) is 0.468. The molecular formula is C21H15BF6. The van der Waals surface area contributed by atoms with E-state index in [4.69, 9.17) is 0 Å². The van der Waals surface area contributed by atoms with Crippen molar-refractivity contribution in [1.82, 2.24) is 0 Å². The van der Waals surface area contributed by atoms with E-state index in [9.17, 15) is 26.3 Å². The summed E-state index contributed by atoms with van der Waals surface area (Å²) in [6.07, 6.45) is 0. The van der Waals surface area contributed by atoms with Gasteiger partial charge in [0.15, 0.2) is 0 Å². The summed E-state index contributed by atoms with van der Waals surface area (Å²) in [7, 11) is 0. The van der Waals surface area contributed by atoms with Crippen molar-refractivity contribution in [2.75, 3.05) is 0 Å². The van der Waals surface area contributed by atoms with Crippen LogP contribution in [0.25, 0.3) is 0 Å². The Morgan fingerprint density at radius 2 is 0.714 bits per heavy atom. The summed E-state index contributed by atoms with van der Waals surface area (Å²) in [5.41, 5.74) is 0.120. The normalized spacial score (nSPS) is 11.0. The maximum atomic E-state index is 14.2. The van der Waals surface area contributed by atoms with Crippen molar-refractivity contribution < 1.29 is 26.3 Å². The Kier molecular flexibility index (Phi) is 5.28.